The van der Waals surface area contributed by atoms with Gasteiger partial charge < -0.3 is 4.74 Å². The smallest absolute Gasteiger partial charge is 0.118 e. The maximum absolute atomic E-state index is 5.34. The second-order valence-electron chi connectivity index (χ2n) is 7.95. The summed E-state index contributed by atoms with van der Waals surface area (Å²) in [6.45, 7) is 13.5. The molecule has 1 saturated heterocycles. The zero-order chi connectivity index (χ0) is 20.6. The molecule has 2 aromatic carbocycles. The zero-order valence-electron chi connectivity index (χ0n) is 18.6. The Morgan fingerprint density at radius 3 is 2.07 bits per heavy atom. The zero-order valence-corrected chi connectivity index (χ0v) is 18.6. The maximum Gasteiger partial charge on any atom is 0.118 e. The molecule has 0 N–H and O–H groups in total. The molecule has 0 spiro atoms. The first-order valence-electron chi connectivity index (χ1n) is 11.1. The fourth-order valence-corrected chi connectivity index (χ4v) is 4.55. The highest BCUT2D eigenvalue weighted by Gasteiger charge is 2.30. The molecule has 158 valence electrons. The Morgan fingerprint density at radius 1 is 0.897 bits per heavy atom. The van der Waals surface area contributed by atoms with Crippen molar-refractivity contribution < 1.29 is 4.74 Å². The van der Waals surface area contributed by atoms with E-state index in [1.54, 1.807) is 7.11 Å². The van der Waals surface area contributed by atoms with E-state index in [2.05, 4.69) is 90.3 Å². The molecule has 0 amide bonds. The molecule has 2 atom stereocenters. The van der Waals surface area contributed by atoms with Crippen LogP contribution in [0.1, 0.15) is 37.8 Å². The molecule has 0 radical (unpaired) electrons. The SMILES string of the molecule is CCN(CC)N1CCN(C(Cc2ccc(OC)cc2)C(C)c2ccccc2)CC1. The molecule has 4 heteroatoms. The first-order valence-corrected chi connectivity index (χ1v) is 11.1. The molecule has 0 saturated carbocycles. The lowest BCUT2D eigenvalue weighted by Gasteiger charge is -2.44. The Labute approximate surface area is 177 Å². The predicted molar refractivity (Wildman–Crippen MR) is 121 cm³/mol. The summed E-state index contributed by atoms with van der Waals surface area (Å²) < 4.78 is 5.34. The summed E-state index contributed by atoms with van der Waals surface area (Å²) in [6.07, 6.45) is 1.06. The van der Waals surface area contributed by atoms with Crippen LogP contribution in [0.5, 0.6) is 5.75 Å². The van der Waals surface area contributed by atoms with E-state index in [-0.39, 0.29) is 0 Å². The Bertz CT molecular complexity index is 707. The van der Waals surface area contributed by atoms with E-state index in [0.29, 0.717) is 12.0 Å². The molecule has 2 aromatic rings. The minimum atomic E-state index is 0.485. The molecule has 0 aromatic heterocycles. The van der Waals surface area contributed by atoms with Crippen LogP contribution >= 0.6 is 0 Å². The molecule has 29 heavy (non-hydrogen) atoms. The highest BCUT2D eigenvalue weighted by molar-refractivity contribution is 5.29. The molecule has 2 unspecified atom stereocenters. The van der Waals surface area contributed by atoms with Crippen LogP contribution < -0.4 is 4.74 Å². The van der Waals surface area contributed by atoms with Crippen LogP contribution in [0.15, 0.2) is 54.6 Å². The van der Waals surface area contributed by atoms with Gasteiger partial charge in [0.2, 0.25) is 0 Å². The fraction of sp³-hybridized carbons (Fsp3) is 0.520. The predicted octanol–water partition coefficient (Wildman–Crippen LogP) is 4.28. The lowest BCUT2D eigenvalue weighted by molar-refractivity contribution is -0.0594. The molecule has 0 bridgehead atoms. The third-order valence-corrected chi connectivity index (χ3v) is 6.40. The average Bonchev–Trinajstić information content (AvgIpc) is 2.79. The third kappa shape index (κ3) is 5.59. The van der Waals surface area contributed by atoms with Crippen LogP contribution in [0, 0.1) is 0 Å². The monoisotopic (exact) mass is 395 g/mol. The molecule has 1 heterocycles. The van der Waals surface area contributed by atoms with Crippen molar-refractivity contribution in [1.29, 1.82) is 0 Å². The first-order chi connectivity index (χ1) is 14.2. The van der Waals surface area contributed by atoms with E-state index in [4.69, 9.17) is 4.74 Å². The molecule has 0 aliphatic carbocycles. The number of hydrogen-bond donors (Lipinski definition) is 0. The van der Waals surface area contributed by atoms with E-state index in [1.165, 1.54) is 11.1 Å². The van der Waals surface area contributed by atoms with Crippen LogP contribution in [-0.2, 0) is 6.42 Å². The molecule has 1 fully saturated rings. The van der Waals surface area contributed by atoms with Gasteiger partial charge in [-0.1, -0.05) is 63.2 Å². The minimum Gasteiger partial charge on any atom is -0.497 e. The van der Waals surface area contributed by atoms with Crippen molar-refractivity contribution in [1.82, 2.24) is 14.9 Å². The van der Waals surface area contributed by atoms with Crippen molar-refractivity contribution in [3.8, 4) is 5.75 Å². The Balaban J connectivity index is 1.75. The standard InChI is InChI=1S/C25H37N3O/c1-5-27(6-2)28-18-16-26(17-19-28)25(21(3)23-10-8-7-9-11-23)20-22-12-14-24(29-4)15-13-22/h7-15,21,25H,5-6,16-20H2,1-4H3. The molecular weight excluding hydrogens is 358 g/mol. The number of nitrogens with zero attached hydrogens (tertiary/aromatic N) is 3. The van der Waals surface area contributed by atoms with Crippen molar-refractivity contribution in [3.05, 3.63) is 65.7 Å². The van der Waals surface area contributed by atoms with Crippen molar-refractivity contribution in [2.24, 2.45) is 0 Å². The van der Waals surface area contributed by atoms with E-state index < -0.39 is 0 Å². The van der Waals surface area contributed by atoms with Crippen LogP contribution in [-0.4, -0.2) is 67.3 Å². The molecular formula is C25H37N3O. The fourth-order valence-electron chi connectivity index (χ4n) is 4.55. The Hall–Kier alpha value is -1.88. The van der Waals surface area contributed by atoms with Gasteiger partial charge in [0.25, 0.3) is 0 Å². The summed E-state index contributed by atoms with van der Waals surface area (Å²) in [5, 5.41) is 5.00. The third-order valence-electron chi connectivity index (χ3n) is 6.40. The van der Waals surface area contributed by atoms with Gasteiger partial charge in [0, 0.05) is 45.3 Å². The summed E-state index contributed by atoms with van der Waals surface area (Å²) >= 11 is 0. The van der Waals surface area contributed by atoms with Crippen LogP contribution in [0.3, 0.4) is 0 Å². The minimum absolute atomic E-state index is 0.485. The van der Waals surface area contributed by atoms with E-state index in [0.717, 1.165) is 51.4 Å². The van der Waals surface area contributed by atoms with Crippen molar-refractivity contribution >= 4 is 0 Å². The highest BCUT2D eigenvalue weighted by atomic mass is 16.5. The number of hydrazine groups is 1. The maximum atomic E-state index is 5.34. The number of benzene rings is 2. The van der Waals surface area contributed by atoms with Gasteiger partial charge >= 0.3 is 0 Å². The van der Waals surface area contributed by atoms with Gasteiger partial charge in [-0.3, -0.25) is 4.90 Å². The number of ether oxygens (including phenoxy) is 1. The second-order valence-corrected chi connectivity index (χ2v) is 7.95. The lowest BCUT2D eigenvalue weighted by Crippen LogP contribution is -2.56. The Morgan fingerprint density at radius 2 is 1.52 bits per heavy atom. The van der Waals surface area contributed by atoms with Gasteiger partial charge in [-0.2, -0.15) is 0 Å². The van der Waals surface area contributed by atoms with E-state index in [1.807, 2.05) is 0 Å². The largest absolute Gasteiger partial charge is 0.497 e. The normalized spacial score (nSPS) is 18.0. The highest BCUT2D eigenvalue weighted by Crippen LogP contribution is 2.28. The summed E-state index contributed by atoms with van der Waals surface area (Å²) in [5.74, 6) is 1.41. The quantitative estimate of drug-likeness (QED) is 0.631. The Kier molecular flexibility index (Phi) is 8.10. The van der Waals surface area contributed by atoms with Gasteiger partial charge in [-0.15, -0.1) is 0 Å². The summed E-state index contributed by atoms with van der Waals surface area (Å²) in [4.78, 5) is 2.71. The van der Waals surface area contributed by atoms with Crippen LogP contribution in [0.25, 0.3) is 0 Å². The first kappa shape index (κ1) is 21.8. The lowest BCUT2D eigenvalue weighted by atomic mass is 9.87. The van der Waals surface area contributed by atoms with Gasteiger partial charge in [0.15, 0.2) is 0 Å². The van der Waals surface area contributed by atoms with Crippen molar-refractivity contribution in [3.63, 3.8) is 0 Å². The van der Waals surface area contributed by atoms with Crippen molar-refractivity contribution in [2.75, 3.05) is 46.4 Å². The molecule has 4 nitrogen and oxygen atoms in total. The summed E-state index contributed by atoms with van der Waals surface area (Å²) in [5.41, 5.74) is 2.81. The van der Waals surface area contributed by atoms with E-state index in [9.17, 15) is 0 Å². The summed E-state index contributed by atoms with van der Waals surface area (Å²) in [7, 11) is 1.73. The molecule has 1 aliphatic heterocycles. The number of piperazine rings is 1. The van der Waals surface area contributed by atoms with E-state index >= 15 is 0 Å². The molecule has 3 rings (SSSR count). The van der Waals surface area contributed by atoms with Gasteiger partial charge in [0.05, 0.1) is 7.11 Å². The average molecular weight is 396 g/mol. The number of hydrogen-bond acceptors (Lipinski definition) is 4. The van der Waals surface area contributed by atoms with Crippen LogP contribution in [0.2, 0.25) is 0 Å². The van der Waals surface area contributed by atoms with Gasteiger partial charge in [-0.05, 0) is 35.6 Å². The topological polar surface area (TPSA) is 19.0 Å². The van der Waals surface area contributed by atoms with Crippen molar-refractivity contribution in [2.45, 2.75) is 39.2 Å². The van der Waals surface area contributed by atoms with Crippen LogP contribution in [0.4, 0.5) is 0 Å². The number of rotatable bonds is 9. The van der Waals surface area contributed by atoms with Gasteiger partial charge in [0.1, 0.15) is 5.75 Å². The number of methoxy groups -OCH3 is 1. The summed E-state index contributed by atoms with van der Waals surface area (Å²) in [6, 6.07) is 20.1. The molecule has 1 aliphatic rings. The van der Waals surface area contributed by atoms with Gasteiger partial charge in [-0.25, -0.2) is 10.0 Å². The second kappa shape index (κ2) is 10.8.